The Morgan fingerprint density at radius 2 is 2.38 bits per heavy atom. The highest BCUT2D eigenvalue weighted by molar-refractivity contribution is 5.31. The Bertz CT molecular complexity index is 342. The molecule has 0 aromatic heterocycles. The third-order valence-corrected chi connectivity index (χ3v) is 1.63. The van der Waals surface area contributed by atoms with Gasteiger partial charge in [0.15, 0.2) is 0 Å². The fraction of sp³-hybridized carbons (Fsp3) is 0.167. The van der Waals surface area contributed by atoms with E-state index < -0.39 is 0 Å². The molecule has 0 fully saturated rings. The summed E-state index contributed by atoms with van der Waals surface area (Å²) < 4.78 is 5.09. The van der Waals surface area contributed by atoms with Crippen LogP contribution in [0.3, 0.4) is 0 Å². The number of hydrogen-bond donors (Lipinski definition) is 0. The zero-order valence-electron chi connectivity index (χ0n) is 7.71. The van der Waals surface area contributed by atoms with Crippen molar-refractivity contribution >= 4 is 0 Å². The Labute approximate surface area is 79.0 Å². The van der Waals surface area contributed by atoms with Crippen LogP contribution in [0, 0.1) is 11.8 Å². The molecule has 0 aliphatic carbocycles. The van der Waals surface area contributed by atoms with Crippen LogP contribution in [0.1, 0.15) is 5.56 Å². The van der Waals surface area contributed by atoms with Gasteiger partial charge in [0.1, 0.15) is 5.75 Å². The molecule has 1 nitrogen and oxygen atoms in total. The van der Waals surface area contributed by atoms with Crippen molar-refractivity contribution in [3.8, 4) is 17.6 Å². The lowest BCUT2D eigenvalue weighted by Crippen LogP contribution is -1.85. The molecule has 0 radical (unpaired) electrons. The van der Waals surface area contributed by atoms with Gasteiger partial charge in [-0.3, -0.25) is 0 Å². The van der Waals surface area contributed by atoms with Crippen LogP contribution in [-0.2, 0) is 6.42 Å². The van der Waals surface area contributed by atoms with Crippen LogP contribution in [0.25, 0.3) is 0 Å². The van der Waals surface area contributed by atoms with Gasteiger partial charge in [0.2, 0.25) is 0 Å². The van der Waals surface area contributed by atoms with Gasteiger partial charge in [0, 0.05) is 6.42 Å². The average Bonchev–Trinajstić information content (AvgIpc) is 2.19. The smallest absolute Gasteiger partial charge is 0.119 e. The summed E-state index contributed by atoms with van der Waals surface area (Å²) in [5.41, 5.74) is 1.16. The van der Waals surface area contributed by atoms with E-state index in [0.717, 1.165) is 17.7 Å². The fourth-order valence-corrected chi connectivity index (χ4v) is 1.01. The lowest BCUT2D eigenvalue weighted by Gasteiger charge is -2.00. The van der Waals surface area contributed by atoms with Crippen molar-refractivity contribution in [3.63, 3.8) is 0 Å². The van der Waals surface area contributed by atoms with Crippen molar-refractivity contribution in [1.82, 2.24) is 0 Å². The number of hydrogen-bond acceptors (Lipinski definition) is 1. The van der Waals surface area contributed by atoms with Crippen LogP contribution in [-0.4, -0.2) is 7.11 Å². The number of allylic oxidation sites excluding steroid dienone is 1. The first-order valence-corrected chi connectivity index (χ1v) is 4.09. The van der Waals surface area contributed by atoms with E-state index in [2.05, 4.69) is 18.4 Å². The molecule has 66 valence electrons. The molecule has 0 aliphatic rings. The normalized spacial score (nSPS) is 8.38. The van der Waals surface area contributed by atoms with Crippen LogP contribution in [0.5, 0.6) is 5.75 Å². The van der Waals surface area contributed by atoms with E-state index in [1.807, 2.05) is 24.3 Å². The van der Waals surface area contributed by atoms with Gasteiger partial charge in [-0.15, -0.1) is 0 Å². The summed E-state index contributed by atoms with van der Waals surface area (Å²) in [6.07, 6.45) is 2.34. The topological polar surface area (TPSA) is 9.23 Å². The van der Waals surface area contributed by atoms with Crippen LogP contribution >= 0.6 is 0 Å². The highest BCUT2D eigenvalue weighted by Crippen LogP contribution is 2.12. The summed E-state index contributed by atoms with van der Waals surface area (Å²) in [4.78, 5) is 0. The van der Waals surface area contributed by atoms with Crippen molar-refractivity contribution in [2.24, 2.45) is 0 Å². The van der Waals surface area contributed by atoms with E-state index in [0.29, 0.717) is 0 Å². The summed E-state index contributed by atoms with van der Waals surface area (Å²) in [7, 11) is 1.66. The molecule has 1 heteroatoms. The Morgan fingerprint density at radius 1 is 1.54 bits per heavy atom. The molecule has 1 rings (SSSR count). The number of rotatable bonds is 2. The minimum atomic E-state index is 0.739. The molecule has 0 atom stereocenters. The number of ether oxygens (including phenoxy) is 1. The lowest BCUT2D eigenvalue weighted by molar-refractivity contribution is 0.414. The van der Waals surface area contributed by atoms with Crippen LogP contribution < -0.4 is 4.74 Å². The van der Waals surface area contributed by atoms with Gasteiger partial charge in [-0.2, -0.15) is 0 Å². The first kappa shape index (κ1) is 9.41. The Kier molecular flexibility index (Phi) is 3.66. The number of benzene rings is 1. The molecule has 0 amide bonds. The summed E-state index contributed by atoms with van der Waals surface area (Å²) in [6.45, 7) is 3.53. The first-order chi connectivity index (χ1) is 6.36. The minimum Gasteiger partial charge on any atom is -0.497 e. The van der Waals surface area contributed by atoms with Gasteiger partial charge >= 0.3 is 0 Å². The molecule has 13 heavy (non-hydrogen) atoms. The van der Waals surface area contributed by atoms with Crippen molar-refractivity contribution < 1.29 is 4.74 Å². The maximum absolute atomic E-state index is 5.09. The highest BCUT2D eigenvalue weighted by atomic mass is 16.5. The zero-order valence-corrected chi connectivity index (χ0v) is 7.71. The standard InChI is InChI=1S/C12H12O/c1-3-4-5-7-11-8-6-9-12(10-11)13-2/h3,6,8-10H,1,7H2,2H3. The Balaban J connectivity index is 2.71. The molecular weight excluding hydrogens is 160 g/mol. The second kappa shape index (κ2) is 5.05. The third kappa shape index (κ3) is 3.04. The van der Waals surface area contributed by atoms with Crippen LogP contribution in [0.15, 0.2) is 36.9 Å². The van der Waals surface area contributed by atoms with Crippen molar-refractivity contribution in [2.75, 3.05) is 7.11 Å². The quantitative estimate of drug-likeness (QED) is 0.622. The molecule has 0 unspecified atom stereocenters. The predicted octanol–water partition coefficient (Wildman–Crippen LogP) is 2.43. The summed E-state index contributed by atoms with van der Waals surface area (Å²) in [5.74, 6) is 6.66. The molecule has 1 aromatic carbocycles. The largest absolute Gasteiger partial charge is 0.497 e. The van der Waals surface area contributed by atoms with Gasteiger partial charge < -0.3 is 4.74 Å². The van der Waals surface area contributed by atoms with Gasteiger partial charge in [-0.1, -0.05) is 30.6 Å². The monoisotopic (exact) mass is 172 g/mol. The van der Waals surface area contributed by atoms with Gasteiger partial charge in [0.25, 0.3) is 0 Å². The predicted molar refractivity (Wildman–Crippen MR) is 54.7 cm³/mol. The van der Waals surface area contributed by atoms with E-state index in [-0.39, 0.29) is 0 Å². The van der Waals surface area contributed by atoms with E-state index in [4.69, 9.17) is 4.74 Å². The molecule has 0 spiro atoms. The first-order valence-electron chi connectivity index (χ1n) is 4.09. The van der Waals surface area contributed by atoms with Gasteiger partial charge in [-0.05, 0) is 23.8 Å². The summed E-state index contributed by atoms with van der Waals surface area (Å²) in [5, 5.41) is 0. The van der Waals surface area contributed by atoms with E-state index in [1.54, 1.807) is 13.2 Å². The minimum absolute atomic E-state index is 0.739. The van der Waals surface area contributed by atoms with Crippen molar-refractivity contribution in [1.29, 1.82) is 0 Å². The maximum Gasteiger partial charge on any atom is 0.119 e. The molecule has 0 N–H and O–H groups in total. The average molecular weight is 172 g/mol. The second-order valence-electron chi connectivity index (χ2n) is 2.55. The maximum atomic E-state index is 5.09. The van der Waals surface area contributed by atoms with Gasteiger partial charge in [-0.25, -0.2) is 0 Å². The fourth-order valence-electron chi connectivity index (χ4n) is 1.01. The molecule has 0 aliphatic heterocycles. The van der Waals surface area contributed by atoms with E-state index >= 15 is 0 Å². The third-order valence-electron chi connectivity index (χ3n) is 1.63. The Hall–Kier alpha value is -1.68. The second-order valence-corrected chi connectivity index (χ2v) is 2.55. The van der Waals surface area contributed by atoms with Gasteiger partial charge in [0.05, 0.1) is 7.11 Å². The molecule has 0 bridgehead atoms. The SMILES string of the molecule is C=CC#CCc1cccc(OC)c1. The summed E-state index contributed by atoms with van der Waals surface area (Å²) in [6, 6.07) is 7.90. The Morgan fingerprint density at radius 3 is 3.08 bits per heavy atom. The van der Waals surface area contributed by atoms with Crippen LogP contribution in [0.2, 0.25) is 0 Å². The zero-order chi connectivity index (χ0) is 9.52. The summed E-state index contributed by atoms with van der Waals surface area (Å²) >= 11 is 0. The molecule has 1 aromatic rings. The molecule has 0 saturated carbocycles. The molecule has 0 heterocycles. The van der Waals surface area contributed by atoms with Crippen molar-refractivity contribution in [2.45, 2.75) is 6.42 Å². The highest BCUT2D eigenvalue weighted by Gasteiger charge is 1.92. The van der Waals surface area contributed by atoms with Crippen molar-refractivity contribution in [3.05, 3.63) is 42.5 Å². The van der Waals surface area contributed by atoms with E-state index in [9.17, 15) is 0 Å². The lowest BCUT2D eigenvalue weighted by atomic mass is 10.1. The number of methoxy groups -OCH3 is 1. The van der Waals surface area contributed by atoms with Crippen LogP contribution in [0.4, 0.5) is 0 Å². The molecule has 0 saturated heterocycles. The molecular formula is C12H12O. The van der Waals surface area contributed by atoms with E-state index in [1.165, 1.54) is 0 Å².